The smallest absolute Gasteiger partial charge is 0.138 e. The second-order valence-electron chi connectivity index (χ2n) is 2.58. The predicted octanol–water partition coefficient (Wildman–Crippen LogP) is -0.198. The van der Waals surface area contributed by atoms with Crippen molar-refractivity contribution in [2.45, 2.75) is 5.60 Å². The van der Waals surface area contributed by atoms with Crippen molar-refractivity contribution in [1.29, 1.82) is 0 Å². The van der Waals surface area contributed by atoms with Gasteiger partial charge >= 0.3 is 0 Å². The highest BCUT2D eigenvalue weighted by Gasteiger charge is 2.46. The standard InChI is InChI=1S/C6H10O3/c1-2-8-4-6(3-7-1)5-9-6/h1-5H2. The molecular weight excluding hydrogens is 120 g/mol. The fourth-order valence-corrected chi connectivity index (χ4v) is 0.945. The van der Waals surface area contributed by atoms with Crippen LogP contribution in [0.3, 0.4) is 0 Å². The molecule has 0 amide bonds. The molecule has 0 saturated carbocycles. The van der Waals surface area contributed by atoms with Crippen molar-refractivity contribution in [3.63, 3.8) is 0 Å². The molecule has 2 fully saturated rings. The third kappa shape index (κ3) is 1.08. The molecule has 0 aliphatic carbocycles. The Morgan fingerprint density at radius 3 is 1.89 bits per heavy atom. The average Bonchev–Trinajstić information content (AvgIpc) is 2.64. The Morgan fingerprint density at radius 1 is 0.889 bits per heavy atom. The van der Waals surface area contributed by atoms with Gasteiger partial charge in [-0.2, -0.15) is 0 Å². The minimum absolute atomic E-state index is 0.0312. The normalized spacial score (nSPS) is 32.0. The predicted molar refractivity (Wildman–Crippen MR) is 30.3 cm³/mol. The van der Waals surface area contributed by atoms with Crippen molar-refractivity contribution in [3.8, 4) is 0 Å². The van der Waals surface area contributed by atoms with Crippen molar-refractivity contribution in [1.82, 2.24) is 0 Å². The first kappa shape index (κ1) is 5.65. The van der Waals surface area contributed by atoms with Gasteiger partial charge in [0.1, 0.15) is 5.60 Å². The molecule has 0 atom stereocenters. The topological polar surface area (TPSA) is 31.0 Å². The van der Waals surface area contributed by atoms with Crippen LogP contribution in [0.1, 0.15) is 0 Å². The van der Waals surface area contributed by atoms with Crippen LogP contribution in [0.4, 0.5) is 0 Å². The number of hydrogen-bond acceptors (Lipinski definition) is 3. The van der Waals surface area contributed by atoms with E-state index in [-0.39, 0.29) is 5.60 Å². The minimum atomic E-state index is -0.0312. The molecule has 2 aliphatic heterocycles. The maximum atomic E-state index is 5.22. The van der Waals surface area contributed by atoms with Crippen LogP contribution in [0.25, 0.3) is 0 Å². The fraction of sp³-hybridized carbons (Fsp3) is 1.00. The van der Waals surface area contributed by atoms with Crippen molar-refractivity contribution < 1.29 is 14.2 Å². The Balaban J connectivity index is 1.92. The van der Waals surface area contributed by atoms with Crippen LogP contribution in [0.2, 0.25) is 0 Å². The fourth-order valence-electron chi connectivity index (χ4n) is 0.945. The van der Waals surface area contributed by atoms with Gasteiger partial charge in [0.2, 0.25) is 0 Å². The molecule has 0 aromatic heterocycles. The lowest BCUT2D eigenvalue weighted by Crippen LogP contribution is -2.22. The molecular formula is C6H10O3. The Morgan fingerprint density at radius 2 is 1.44 bits per heavy atom. The third-order valence-electron chi connectivity index (χ3n) is 1.65. The first-order valence-electron chi connectivity index (χ1n) is 3.21. The second kappa shape index (κ2) is 1.94. The van der Waals surface area contributed by atoms with Crippen LogP contribution in [0.15, 0.2) is 0 Å². The Bertz CT molecular complexity index is 98.9. The van der Waals surface area contributed by atoms with Gasteiger partial charge in [-0.3, -0.25) is 0 Å². The van der Waals surface area contributed by atoms with E-state index in [1.165, 1.54) is 0 Å². The molecule has 2 saturated heterocycles. The SMILES string of the molecule is C1COCC2(CO1)CO2. The van der Waals surface area contributed by atoms with E-state index < -0.39 is 0 Å². The maximum Gasteiger partial charge on any atom is 0.138 e. The highest BCUT2D eigenvalue weighted by atomic mass is 16.7. The Kier molecular flexibility index (Phi) is 1.22. The summed E-state index contributed by atoms with van der Waals surface area (Å²) in [4.78, 5) is 0. The lowest BCUT2D eigenvalue weighted by atomic mass is 10.2. The van der Waals surface area contributed by atoms with E-state index in [9.17, 15) is 0 Å². The van der Waals surface area contributed by atoms with Crippen LogP contribution in [0, 0.1) is 0 Å². The van der Waals surface area contributed by atoms with Crippen molar-refractivity contribution >= 4 is 0 Å². The van der Waals surface area contributed by atoms with Crippen LogP contribution in [-0.4, -0.2) is 38.6 Å². The van der Waals surface area contributed by atoms with E-state index in [0.717, 1.165) is 6.61 Å². The van der Waals surface area contributed by atoms with Crippen molar-refractivity contribution in [2.75, 3.05) is 33.0 Å². The highest BCUT2D eigenvalue weighted by molar-refractivity contribution is 4.92. The zero-order chi connectivity index (χ0) is 6.16. The molecule has 0 radical (unpaired) electrons. The van der Waals surface area contributed by atoms with Gasteiger partial charge in [0.25, 0.3) is 0 Å². The molecule has 9 heavy (non-hydrogen) atoms. The molecule has 3 nitrogen and oxygen atoms in total. The van der Waals surface area contributed by atoms with E-state index in [1.807, 2.05) is 0 Å². The molecule has 52 valence electrons. The third-order valence-corrected chi connectivity index (χ3v) is 1.65. The van der Waals surface area contributed by atoms with E-state index in [4.69, 9.17) is 14.2 Å². The van der Waals surface area contributed by atoms with E-state index >= 15 is 0 Å². The van der Waals surface area contributed by atoms with E-state index in [2.05, 4.69) is 0 Å². The summed E-state index contributed by atoms with van der Waals surface area (Å²) in [5.74, 6) is 0. The summed E-state index contributed by atoms with van der Waals surface area (Å²) in [7, 11) is 0. The molecule has 0 unspecified atom stereocenters. The Labute approximate surface area is 53.9 Å². The molecule has 3 heteroatoms. The van der Waals surface area contributed by atoms with Crippen molar-refractivity contribution in [3.05, 3.63) is 0 Å². The monoisotopic (exact) mass is 130 g/mol. The van der Waals surface area contributed by atoms with Crippen LogP contribution in [-0.2, 0) is 14.2 Å². The maximum absolute atomic E-state index is 5.22. The number of epoxide rings is 1. The molecule has 0 N–H and O–H groups in total. The first-order chi connectivity index (χ1) is 4.41. The zero-order valence-corrected chi connectivity index (χ0v) is 5.26. The largest absolute Gasteiger partial charge is 0.376 e. The molecule has 2 rings (SSSR count). The molecule has 2 heterocycles. The van der Waals surface area contributed by atoms with Crippen LogP contribution in [0.5, 0.6) is 0 Å². The average molecular weight is 130 g/mol. The summed E-state index contributed by atoms with van der Waals surface area (Å²) in [5.41, 5.74) is -0.0312. The lowest BCUT2D eigenvalue weighted by Gasteiger charge is -2.03. The summed E-state index contributed by atoms with van der Waals surface area (Å²) in [6, 6.07) is 0. The van der Waals surface area contributed by atoms with Gasteiger partial charge in [0, 0.05) is 0 Å². The van der Waals surface area contributed by atoms with Gasteiger partial charge in [0.05, 0.1) is 33.0 Å². The summed E-state index contributed by atoms with van der Waals surface area (Å²) >= 11 is 0. The number of ether oxygens (including phenoxy) is 3. The lowest BCUT2D eigenvalue weighted by molar-refractivity contribution is 0.103. The molecule has 0 bridgehead atoms. The number of hydrogen-bond donors (Lipinski definition) is 0. The minimum Gasteiger partial charge on any atom is -0.376 e. The summed E-state index contributed by atoms with van der Waals surface area (Å²) < 4.78 is 15.6. The van der Waals surface area contributed by atoms with Gasteiger partial charge in [-0.25, -0.2) is 0 Å². The van der Waals surface area contributed by atoms with E-state index in [0.29, 0.717) is 26.4 Å². The highest BCUT2D eigenvalue weighted by Crippen LogP contribution is 2.28. The Hall–Kier alpha value is -0.120. The summed E-state index contributed by atoms with van der Waals surface area (Å²) in [6.07, 6.45) is 0. The number of rotatable bonds is 0. The molecule has 2 aliphatic rings. The summed E-state index contributed by atoms with van der Waals surface area (Å²) in [6.45, 7) is 3.67. The molecule has 1 spiro atoms. The van der Waals surface area contributed by atoms with Gasteiger partial charge in [0.15, 0.2) is 0 Å². The van der Waals surface area contributed by atoms with Gasteiger partial charge in [-0.1, -0.05) is 0 Å². The quantitative estimate of drug-likeness (QED) is 0.425. The van der Waals surface area contributed by atoms with Crippen LogP contribution < -0.4 is 0 Å². The van der Waals surface area contributed by atoms with Gasteiger partial charge < -0.3 is 14.2 Å². The van der Waals surface area contributed by atoms with Crippen LogP contribution >= 0.6 is 0 Å². The first-order valence-corrected chi connectivity index (χ1v) is 3.21. The van der Waals surface area contributed by atoms with Gasteiger partial charge in [-0.15, -0.1) is 0 Å². The van der Waals surface area contributed by atoms with Gasteiger partial charge in [-0.05, 0) is 0 Å². The van der Waals surface area contributed by atoms with Crippen molar-refractivity contribution in [2.24, 2.45) is 0 Å². The molecule has 0 aromatic rings. The van der Waals surface area contributed by atoms with E-state index in [1.54, 1.807) is 0 Å². The molecule has 0 aromatic carbocycles. The second-order valence-corrected chi connectivity index (χ2v) is 2.58. The zero-order valence-electron chi connectivity index (χ0n) is 5.26. The summed E-state index contributed by atoms with van der Waals surface area (Å²) in [5, 5.41) is 0.